The van der Waals surface area contributed by atoms with E-state index in [4.69, 9.17) is 0 Å². The Balaban J connectivity index is 1.57. The molecule has 7 heteroatoms. The number of hydrogen-bond acceptors (Lipinski definition) is 3. The first-order valence-corrected chi connectivity index (χ1v) is 8.65. The van der Waals surface area contributed by atoms with E-state index in [0.717, 1.165) is 5.56 Å². The van der Waals surface area contributed by atoms with Crippen molar-refractivity contribution < 1.29 is 14.4 Å². The van der Waals surface area contributed by atoms with Gasteiger partial charge in [0.05, 0.1) is 0 Å². The van der Waals surface area contributed by atoms with E-state index in [1.165, 1.54) is 4.90 Å². The molecule has 0 saturated carbocycles. The summed E-state index contributed by atoms with van der Waals surface area (Å²) in [4.78, 5) is 37.8. The predicted molar refractivity (Wildman–Crippen MR) is 109 cm³/mol. The minimum absolute atomic E-state index is 0.129. The standard InChI is InChI=1S/C21H20N4O3/c1-3-12-22-21(28)24-16-10-8-15(9-11-16)23-19(26)13-25-14(2)17-6-4-5-7-18(17)20(25)27/h3-11H,1-2,12-13H2,(H,23,26)(H2,22,24,28). The Morgan fingerprint density at radius 2 is 1.57 bits per heavy atom. The summed E-state index contributed by atoms with van der Waals surface area (Å²) in [6, 6.07) is 13.4. The van der Waals surface area contributed by atoms with Crippen LogP contribution in [0.5, 0.6) is 0 Å². The van der Waals surface area contributed by atoms with Gasteiger partial charge in [-0.2, -0.15) is 0 Å². The summed E-state index contributed by atoms with van der Waals surface area (Å²) in [6.07, 6.45) is 1.58. The zero-order chi connectivity index (χ0) is 20.1. The lowest BCUT2D eigenvalue weighted by Gasteiger charge is -2.17. The molecule has 0 aliphatic carbocycles. The predicted octanol–water partition coefficient (Wildman–Crippen LogP) is 3.06. The number of hydrogen-bond donors (Lipinski definition) is 3. The average molecular weight is 376 g/mol. The van der Waals surface area contributed by atoms with Crippen LogP contribution in [0.25, 0.3) is 5.70 Å². The Morgan fingerprint density at radius 3 is 2.18 bits per heavy atom. The third kappa shape index (κ3) is 4.09. The van der Waals surface area contributed by atoms with E-state index >= 15 is 0 Å². The highest BCUT2D eigenvalue weighted by atomic mass is 16.2. The highest BCUT2D eigenvalue weighted by molar-refractivity contribution is 6.11. The molecule has 0 unspecified atom stereocenters. The second-order valence-electron chi connectivity index (χ2n) is 6.13. The Labute approximate surface area is 162 Å². The fourth-order valence-corrected chi connectivity index (χ4v) is 2.82. The number of rotatable bonds is 6. The fraction of sp³-hybridized carbons (Fsp3) is 0.0952. The minimum atomic E-state index is -0.345. The van der Waals surface area contributed by atoms with Crippen molar-refractivity contribution in [1.29, 1.82) is 0 Å². The largest absolute Gasteiger partial charge is 0.334 e. The number of nitrogens with one attached hydrogen (secondary N) is 3. The lowest BCUT2D eigenvalue weighted by Crippen LogP contribution is -2.32. The number of fused-ring (bicyclic) bond motifs is 1. The summed E-state index contributed by atoms with van der Waals surface area (Å²) >= 11 is 0. The Morgan fingerprint density at radius 1 is 0.964 bits per heavy atom. The minimum Gasteiger partial charge on any atom is -0.334 e. The Bertz CT molecular complexity index is 915. The SMILES string of the molecule is C=CCNC(=O)Nc1ccc(NC(=O)CN2C(=C)c3ccccc3C2=O)cc1. The van der Waals surface area contributed by atoms with Crippen molar-refractivity contribution in [1.82, 2.24) is 10.2 Å². The van der Waals surface area contributed by atoms with Gasteiger partial charge in [0.25, 0.3) is 5.91 Å². The molecule has 0 bridgehead atoms. The van der Waals surface area contributed by atoms with Gasteiger partial charge in [-0.25, -0.2) is 4.79 Å². The fourth-order valence-electron chi connectivity index (χ4n) is 2.82. The quantitative estimate of drug-likeness (QED) is 0.677. The van der Waals surface area contributed by atoms with Gasteiger partial charge in [-0.3, -0.25) is 14.5 Å². The average Bonchev–Trinajstić information content (AvgIpc) is 2.93. The van der Waals surface area contributed by atoms with Crippen molar-refractivity contribution in [2.24, 2.45) is 0 Å². The first-order chi connectivity index (χ1) is 13.5. The molecule has 3 rings (SSSR count). The summed E-state index contributed by atoms with van der Waals surface area (Å²) in [5.74, 6) is -0.576. The lowest BCUT2D eigenvalue weighted by atomic mass is 10.1. The van der Waals surface area contributed by atoms with Crippen LogP contribution in [-0.4, -0.2) is 35.8 Å². The second-order valence-corrected chi connectivity index (χ2v) is 6.13. The molecule has 1 heterocycles. The molecule has 1 aliphatic rings. The summed E-state index contributed by atoms with van der Waals surface area (Å²) < 4.78 is 0. The van der Waals surface area contributed by atoms with E-state index in [0.29, 0.717) is 29.2 Å². The van der Waals surface area contributed by atoms with E-state index in [-0.39, 0.29) is 24.4 Å². The Hall–Kier alpha value is -3.87. The maximum Gasteiger partial charge on any atom is 0.319 e. The van der Waals surface area contributed by atoms with Gasteiger partial charge in [-0.1, -0.05) is 30.9 Å². The van der Waals surface area contributed by atoms with Gasteiger partial charge in [-0.15, -0.1) is 6.58 Å². The van der Waals surface area contributed by atoms with Crippen LogP contribution >= 0.6 is 0 Å². The van der Waals surface area contributed by atoms with Gasteiger partial charge < -0.3 is 16.0 Å². The molecule has 4 amide bonds. The molecule has 142 valence electrons. The van der Waals surface area contributed by atoms with Gasteiger partial charge in [0.1, 0.15) is 6.54 Å². The van der Waals surface area contributed by atoms with Crippen LogP contribution in [-0.2, 0) is 4.79 Å². The summed E-state index contributed by atoms with van der Waals surface area (Å²) in [5.41, 5.74) is 2.94. The molecule has 0 atom stereocenters. The maximum absolute atomic E-state index is 12.5. The smallest absolute Gasteiger partial charge is 0.319 e. The van der Waals surface area contributed by atoms with Crippen molar-refractivity contribution in [3.63, 3.8) is 0 Å². The van der Waals surface area contributed by atoms with Crippen molar-refractivity contribution in [2.75, 3.05) is 23.7 Å². The van der Waals surface area contributed by atoms with E-state index in [1.807, 2.05) is 12.1 Å². The topological polar surface area (TPSA) is 90.5 Å². The van der Waals surface area contributed by atoms with Gasteiger partial charge >= 0.3 is 6.03 Å². The number of urea groups is 1. The zero-order valence-electron chi connectivity index (χ0n) is 15.2. The third-order valence-corrected chi connectivity index (χ3v) is 4.17. The van der Waals surface area contributed by atoms with Crippen LogP contribution in [0.4, 0.5) is 16.2 Å². The number of carbonyl (C=O) groups is 3. The van der Waals surface area contributed by atoms with Crippen molar-refractivity contribution in [3.05, 3.63) is 78.9 Å². The van der Waals surface area contributed by atoms with Crippen molar-refractivity contribution >= 4 is 34.9 Å². The number of amides is 4. The number of benzene rings is 2. The molecular weight excluding hydrogens is 356 g/mol. The number of carbonyl (C=O) groups excluding carboxylic acids is 3. The number of anilines is 2. The summed E-state index contributed by atoms with van der Waals surface area (Å²) in [6.45, 7) is 7.68. The van der Waals surface area contributed by atoms with Gasteiger partial charge in [0.15, 0.2) is 0 Å². The maximum atomic E-state index is 12.5. The molecule has 1 aliphatic heterocycles. The van der Waals surface area contributed by atoms with Gasteiger partial charge in [-0.05, 0) is 30.3 Å². The zero-order valence-corrected chi connectivity index (χ0v) is 15.2. The van der Waals surface area contributed by atoms with Crippen LogP contribution in [0.2, 0.25) is 0 Å². The monoisotopic (exact) mass is 376 g/mol. The van der Waals surface area contributed by atoms with E-state index in [2.05, 4.69) is 29.1 Å². The van der Waals surface area contributed by atoms with Crippen LogP contribution in [0.15, 0.2) is 67.8 Å². The van der Waals surface area contributed by atoms with Crippen LogP contribution in [0.3, 0.4) is 0 Å². The molecule has 0 radical (unpaired) electrons. The molecule has 28 heavy (non-hydrogen) atoms. The van der Waals surface area contributed by atoms with Crippen molar-refractivity contribution in [2.45, 2.75) is 0 Å². The lowest BCUT2D eigenvalue weighted by molar-refractivity contribution is -0.116. The van der Waals surface area contributed by atoms with Crippen LogP contribution in [0.1, 0.15) is 15.9 Å². The van der Waals surface area contributed by atoms with Crippen LogP contribution in [0, 0.1) is 0 Å². The highest BCUT2D eigenvalue weighted by Crippen LogP contribution is 2.30. The normalized spacial score (nSPS) is 12.4. The molecule has 0 spiro atoms. The first kappa shape index (κ1) is 18.9. The summed E-state index contributed by atoms with van der Waals surface area (Å²) in [5, 5.41) is 8.00. The second kappa shape index (κ2) is 8.22. The summed E-state index contributed by atoms with van der Waals surface area (Å²) in [7, 11) is 0. The highest BCUT2D eigenvalue weighted by Gasteiger charge is 2.31. The molecular formula is C21H20N4O3. The molecule has 0 aromatic heterocycles. The Kier molecular flexibility index (Phi) is 5.55. The number of nitrogens with zero attached hydrogens (tertiary/aromatic N) is 1. The van der Waals surface area contributed by atoms with Crippen molar-refractivity contribution in [3.8, 4) is 0 Å². The van der Waals surface area contributed by atoms with Crippen LogP contribution < -0.4 is 16.0 Å². The van der Waals surface area contributed by atoms with E-state index in [1.54, 1.807) is 42.5 Å². The first-order valence-electron chi connectivity index (χ1n) is 8.65. The molecule has 0 saturated heterocycles. The van der Waals surface area contributed by atoms with Gasteiger partial charge in [0, 0.05) is 34.7 Å². The molecule has 7 nitrogen and oxygen atoms in total. The van der Waals surface area contributed by atoms with Gasteiger partial charge in [0.2, 0.25) is 5.91 Å². The molecule has 2 aromatic rings. The van der Waals surface area contributed by atoms with E-state index in [9.17, 15) is 14.4 Å². The molecule has 0 fully saturated rings. The van der Waals surface area contributed by atoms with E-state index < -0.39 is 0 Å². The molecule has 3 N–H and O–H groups in total. The third-order valence-electron chi connectivity index (χ3n) is 4.17. The molecule has 2 aromatic carbocycles.